The summed E-state index contributed by atoms with van der Waals surface area (Å²) in [4.78, 5) is 0. The normalized spacial score (nSPS) is 10.4. The quantitative estimate of drug-likeness (QED) is 0.638. The van der Waals surface area contributed by atoms with Crippen LogP contribution >= 0.6 is 11.6 Å². The first-order valence-electron chi connectivity index (χ1n) is 6.19. The van der Waals surface area contributed by atoms with Gasteiger partial charge in [0, 0.05) is 12.6 Å². The molecule has 2 rings (SSSR count). The van der Waals surface area contributed by atoms with Gasteiger partial charge >= 0.3 is 0 Å². The highest BCUT2D eigenvalue weighted by Gasteiger charge is 2.05. The van der Waals surface area contributed by atoms with Crippen LogP contribution in [0.4, 0.5) is 15.8 Å². The largest absolute Gasteiger partial charge is 0.397 e. The highest BCUT2D eigenvalue weighted by Crippen LogP contribution is 2.26. The van der Waals surface area contributed by atoms with Crippen LogP contribution in [0.15, 0.2) is 42.5 Å². The Morgan fingerprint density at radius 2 is 1.89 bits per heavy atom. The molecule has 0 amide bonds. The fraction of sp³-hybridized carbons (Fsp3) is 0.200. The zero-order chi connectivity index (χ0) is 13.7. The lowest BCUT2D eigenvalue weighted by Crippen LogP contribution is -2.05. The molecule has 0 aliphatic heterocycles. The van der Waals surface area contributed by atoms with Gasteiger partial charge in [-0.25, -0.2) is 4.39 Å². The SMILES string of the molecule is Nc1cc(F)c(Cl)cc1NCCCc1ccccc1. The van der Waals surface area contributed by atoms with Gasteiger partial charge in [0.2, 0.25) is 0 Å². The van der Waals surface area contributed by atoms with Gasteiger partial charge in [0.05, 0.1) is 16.4 Å². The topological polar surface area (TPSA) is 38.0 Å². The maximum absolute atomic E-state index is 13.1. The van der Waals surface area contributed by atoms with Crippen molar-refractivity contribution in [3.8, 4) is 0 Å². The Morgan fingerprint density at radius 3 is 2.63 bits per heavy atom. The molecule has 0 radical (unpaired) electrons. The molecule has 0 aliphatic rings. The summed E-state index contributed by atoms with van der Waals surface area (Å²) in [5.74, 6) is -0.492. The standard InChI is InChI=1S/C15H16ClFN2/c16-12-9-15(14(18)10-13(12)17)19-8-4-7-11-5-2-1-3-6-11/h1-3,5-6,9-10,19H,4,7-8,18H2. The maximum atomic E-state index is 13.1. The summed E-state index contributed by atoms with van der Waals surface area (Å²) in [6, 6.07) is 13.0. The minimum Gasteiger partial charge on any atom is -0.397 e. The number of anilines is 2. The van der Waals surface area contributed by atoms with E-state index in [0.717, 1.165) is 19.4 Å². The van der Waals surface area contributed by atoms with Crippen molar-refractivity contribution in [2.75, 3.05) is 17.6 Å². The third-order valence-electron chi connectivity index (χ3n) is 2.89. The van der Waals surface area contributed by atoms with Gasteiger partial charge in [-0.05, 0) is 24.5 Å². The van der Waals surface area contributed by atoms with Crippen LogP contribution in [0.2, 0.25) is 5.02 Å². The van der Waals surface area contributed by atoms with Crippen molar-refractivity contribution in [2.24, 2.45) is 0 Å². The number of nitrogens with one attached hydrogen (secondary N) is 1. The first kappa shape index (κ1) is 13.7. The average molecular weight is 279 g/mol. The molecule has 2 nitrogen and oxygen atoms in total. The van der Waals surface area contributed by atoms with Crippen molar-refractivity contribution < 1.29 is 4.39 Å². The van der Waals surface area contributed by atoms with Crippen molar-refractivity contribution >= 4 is 23.0 Å². The van der Waals surface area contributed by atoms with Gasteiger partial charge in [-0.2, -0.15) is 0 Å². The van der Waals surface area contributed by atoms with E-state index in [4.69, 9.17) is 17.3 Å². The highest BCUT2D eigenvalue weighted by atomic mass is 35.5. The molecule has 0 heterocycles. The number of nitrogens with two attached hydrogens (primary N) is 1. The summed E-state index contributed by atoms with van der Waals surface area (Å²) in [7, 11) is 0. The molecule has 0 aliphatic carbocycles. The second kappa shape index (κ2) is 6.43. The van der Waals surface area contributed by atoms with Crippen molar-refractivity contribution in [3.63, 3.8) is 0 Å². The Balaban J connectivity index is 1.85. The predicted octanol–water partition coefficient (Wildman–Crippen LogP) is 4.11. The Morgan fingerprint density at radius 1 is 1.16 bits per heavy atom. The van der Waals surface area contributed by atoms with Crippen LogP contribution in [0.25, 0.3) is 0 Å². The molecule has 0 bridgehead atoms. The fourth-order valence-corrected chi connectivity index (χ4v) is 2.04. The van der Waals surface area contributed by atoms with E-state index in [-0.39, 0.29) is 5.02 Å². The Hall–Kier alpha value is -1.74. The zero-order valence-corrected chi connectivity index (χ0v) is 11.3. The molecule has 0 saturated carbocycles. The zero-order valence-electron chi connectivity index (χ0n) is 10.5. The molecular formula is C15H16ClFN2. The van der Waals surface area contributed by atoms with Crippen LogP contribution in [-0.2, 0) is 6.42 Å². The summed E-state index contributed by atoms with van der Waals surface area (Å²) in [5, 5.41) is 3.26. The Labute approximate surface area is 117 Å². The first-order chi connectivity index (χ1) is 9.16. The lowest BCUT2D eigenvalue weighted by atomic mass is 10.1. The average Bonchev–Trinajstić information content (AvgIpc) is 2.41. The van der Waals surface area contributed by atoms with Crippen LogP contribution in [-0.4, -0.2) is 6.54 Å². The summed E-state index contributed by atoms with van der Waals surface area (Å²) >= 11 is 5.72. The lowest BCUT2D eigenvalue weighted by molar-refractivity contribution is 0.629. The number of hydrogen-bond acceptors (Lipinski definition) is 2. The van der Waals surface area contributed by atoms with Crippen molar-refractivity contribution in [1.82, 2.24) is 0 Å². The fourth-order valence-electron chi connectivity index (χ4n) is 1.88. The van der Waals surface area contributed by atoms with E-state index in [1.807, 2.05) is 18.2 Å². The molecule has 0 aromatic heterocycles. The summed E-state index contributed by atoms with van der Waals surface area (Å²) < 4.78 is 13.1. The molecule has 0 spiro atoms. The molecule has 0 fully saturated rings. The number of halogens is 2. The van der Waals surface area contributed by atoms with Gasteiger partial charge in [0.15, 0.2) is 0 Å². The van der Waals surface area contributed by atoms with Crippen molar-refractivity contribution in [2.45, 2.75) is 12.8 Å². The van der Waals surface area contributed by atoms with Gasteiger partial charge < -0.3 is 11.1 Å². The second-order valence-corrected chi connectivity index (χ2v) is 4.78. The van der Waals surface area contributed by atoms with Gasteiger partial charge in [-0.15, -0.1) is 0 Å². The predicted molar refractivity (Wildman–Crippen MR) is 79.1 cm³/mol. The minimum atomic E-state index is -0.492. The van der Waals surface area contributed by atoms with E-state index in [1.54, 1.807) is 0 Å². The maximum Gasteiger partial charge on any atom is 0.143 e. The van der Waals surface area contributed by atoms with E-state index in [1.165, 1.54) is 17.7 Å². The van der Waals surface area contributed by atoms with E-state index < -0.39 is 5.82 Å². The Kier molecular flexibility index (Phi) is 4.63. The molecule has 3 N–H and O–H groups in total. The van der Waals surface area contributed by atoms with Crippen LogP contribution in [0.3, 0.4) is 0 Å². The monoisotopic (exact) mass is 278 g/mol. The number of hydrogen-bond donors (Lipinski definition) is 2. The highest BCUT2D eigenvalue weighted by molar-refractivity contribution is 6.31. The Bertz CT molecular complexity index is 543. The molecule has 2 aromatic carbocycles. The van der Waals surface area contributed by atoms with Gasteiger partial charge in [-0.3, -0.25) is 0 Å². The van der Waals surface area contributed by atoms with Crippen LogP contribution in [0, 0.1) is 5.82 Å². The third-order valence-corrected chi connectivity index (χ3v) is 3.18. The van der Waals surface area contributed by atoms with Crippen LogP contribution in [0.5, 0.6) is 0 Å². The molecule has 100 valence electrons. The smallest absolute Gasteiger partial charge is 0.143 e. The van der Waals surface area contributed by atoms with E-state index >= 15 is 0 Å². The van der Waals surface area contributed by atoms with E-state index in [0.29, 0.717) is 11.4 Å². The number of aryl methyl sites for hydroxylation is 1. The van der Waals surface area contributed by atoms with Crippen LogP contribution < -0.4 is 11.1 Å². The van der Waals surface area contributed by atoms with Gasteiger partial charge in [0.25, 0.3) is 0 Å². The van der Waals surface area contributed by atoms with Gasteiger partial charge in [0.1, 0.15) is 5.82 Å². The molecule has 0 saturated heterocycles. The van der Waals surface area contributed by atoms with E-state index in [9.17, 15) is 4.39 Å². The van der Waals surface area contributed by atoms with Crippen molar-refractivity contribution in [1.29, 1.82) is 0 Å². The van der Waals surface area contributed by atoms with Gasteiger partial charge in [-0.1, -0.05) is 41.9 Å². The number of benzene rings is 2. The minimum absolute atomic E-state index is 0.0831. The molecular weight excluding hydrogens is 263 g/mol. The summed E-state index contributed by atoms with van der Waals surface area (Å²) in [5.41, 5.74) is 8.08. The summed E-state index contributed by atoms with van der Waals surface area (Å²) in [6.07, 6.45) is 1.96. The second-order valence-electron chi connectivity index (χ2n) is 4.37. The number of nitrogen functional groups attached to an aromatic ring is 1. The van der Waals surface area contributed by atoms with Crippen LogP contribution in [0.1, 0.15) is 12.0 Å². The molecule has 4 heteroatoms. The summed E-state index contributed by atoms with van der Waals surface area (Å²) in [6.45, 7) is 0.765. The van der Waals surface area contributed by atoms with Crippen molar-refractivity contribution in [3.05, 3.63) is 58.9 Å². The molecule has 2 aromatic rings. The first-order valence-corrected chi connectivity index (χ1v) is 6.57. The number of rotatable bonds is 5. The molecule has 0 atom stereocenters. The third kappa shape index (κ3) is 3.86. The molecule has 19 heavy (non-hydrogen) atoms. The lowest BCUT2D eigenvalue weighted by Gasteiger charge is -2.10. The molecule has 0 unspecified atom stereocenters. The van der Waals surface area contributed by atoms with E-state index in [2.05, 4.69) is 17.4 Å².